The molecule has 0 aliphatic heterocycles. The fourth-order valence-electron chi connectivity index (χ4n) is 10.6. The summed E-state index contributed by atoms with van der Waals surface area (Å²) in [5.74, 6) is 0. The molecule has 0 atom stereocenters. The lowest BCUT2D eigenvalue weighted by atomic mass is 9.82. The maximum atomic E-state index is 5.96. The molecular weight excluding hydrogens is 1040 g/mol. The first-order valence-electron chi connectivity index (χ1n) is 30.2. The van der Waals surface area contributed by atoms with Crippen LogP contribution in [0.4, 0.5) is 0 Å². The monoisotopic (exact) mass is 1130 g/mol. The molecule has 0 bridgehead atoms. The van der Waals surface area contributed by atoms with Crippen LogP contribution in [0.3, 0.4) is 0 Å². The van der Waals surface area contributed by atoms with Gasteiger partial charge in [0.05, 0.1) is 33.0 Å². The molecule has 0 spiro atoms. The van der Waals surface area contributed by atoms with Crippen LogP contribution in [-0.4, -0.2) is 7.11 Å². The molecule has 3 nitrogen and oxygen atoms in total. The van der Waals surface area contributed by atoms with Crippen molar-refractivity contribution >= 4 is 24.3 Å². The van der Waals surface area contributed by atoms with Crippen LogP contribution in [-0.2, 0) is 71.9 Å². The highest BCUT2D eigenvalue weighted by Gasteiger charge is 2.35. The number of rotatable bonds is 22. The molecule has 0 radical (unpaired) electrons. The molecule has 0 heterocycles. The lowest BCUT2D eigenvalue weighted by Gasteiger charge is -2.21. The van der Waals surface area contributed by atoms with Crippen molar-refractivity contribution in [3.8, 4) is 33.4 Å². The Morgan fingerprint density at radius 2 is 0.651 bits per heavy atom. The molecular formula is C83H84O3. The molecule has 434 valence electrons. The van der Waals surface area contributed by atoms with Gasteiger partial charge in [0.1, 0.15) is 0 Å². The minimum Gasteiger partial charge on any atom is -0.380 e. The zero-order valence-electron chi connectivity index (χ0n) is 51.0. The van der Waals surface area contributed by atoms with Crippen LogP contribution >= 0.6 is 0 Å². The third-order valence-corrected chi connectivity index (χ3v) is 15.7. The molecule has 0 saturated heterocycles. The van der Waals surface area contributed by atoms with E-state index in [-0.39, 0.29) is 5.41 Å². The molecule has 0 saturated carbocycles. The standard InChI is InChI=1S/C25H24O.C22H20O.C19H22O.C17H18/c1-4-18-9-11-19(12-10-18)16-26-17-20-13-14-22-21-7-5-6-8-23(21)25(2,3)24(22)15-20;1-2-18-8-10-19(11-9-18)16-23-17-20-12-14-22(15-13-20)21-6-4-3-5-7-21;1-3-16-7-9-17(10-8-16)5-4-6-18-11-13-19(14-12-18)15-20-2;1-3-5-15-8-12-17(13-9-15)16-10-6-14(4-2)7-11-16/h4-15H,1,16-17H2,2-3H3;2-15H,1,16-17H2;3,7-14H,1,4-6,15H2,2H3;4,6-13H,2-3,5H2,1H3. The van der Waals surface area contributed by atoms with E-state index in [0.717, 1.165) is 36.0 Å². The van der Waals surface area contributed by atoms with Crippen molar-refractivity contribution in [1.82, 2.24) is 0 Å². The van der Waals surface area contributed by atoms with Crippen molar-refractivity contribution in [1.29, 1.82) is 0 Å². The van der Waals surface area contributed by atoms with Gasteiger partial charge in [-0.15, -0.1) is 0 Å². The summed E-state index contributed by atoms with van der Waals surface area (Å²) >= 11 is 0. The summed E-state index contributed by atoms with van der Waals surface area (Å²) < 4.78 is 16.9. The van der Waals surface area contributed by atoms with Gasteiger partial charge in [-0.3, -0.25) is 0 Å². The van der Waals surface area contributed by atoms with E-state index in [1.54, 1.807) is 7.11 Å². The lowest BCUT2D eigenvalue weighted by molar-refractivity contribution is 0.107. The number of hydrogen-bond donors (Lipinski definition) is 0. The zero-order valence-corrected chi connectivity index (χ0v) is 51.0. The van der Waals surface area contributed by atoms with E-state index in [0.29, 0.717) is 33.0 Å². The Morgan fingerprint density at radius 3 is 1.12 bits per heavy atom. The van der Waals surface area contributed by atoms with E-state index >= 15 is 0 Å². The van der Waals surface area contributed by atoms with Gasteiger partial charge in [0.15, 0.2) is 0 Å². The smallest absolute Gasteiger partial charge is 0.0721 e. The molecule has 0 fully saturated rings. The minimum atomic E-state index is 0.0441. The second kappa shape index (κ2) is 32.9. The largest absolute Gasteiger partial charge is 0.380 e. The molecule has 1 aliphatic carbocycles. The molecule has 1 aliphatic rings. The summed E-state index contributed by atoms with van der Waals surface area (Å²) in [5.41, 5.74) is 25.4. The van der Waals surface area contributed by atoms with Gasteiger partial charge in [0.25, 0.3) is 0 Å². The highest BCUT2D eigenvalue weighted by molar-refractivity contribution is 5.81. The number of ether oxygens (including phenoxy) is 3. The number of aryl methyl sites for hydroxylation is 3. The number of fused-ring (bicyclic) bond motifs is 3. The van der Waals surface area contributed by atoms with Crippen molar-refractivity contribution in [2.75, 3.05) is 7.11 Å². The molecule has 3 heteroatoms. The SMILES string of the molecule is C=Cc1ccc(-c2ccc(CCC)cc2)cc1.C=Cc1ccc(CCCc2ccc(COC)cc2)cc1.C=Cc1ccc(COCc2ccc(-c3ccccc3)cc2)cc1.C=Cc1ccc(COCc2ccc3c(c2)C(C)(C)c2ccccc2-3)cc1. The Hall–Kier alpha value is -8.96. The highest BCUT2D eigenvalue weighted by Crippen LogP contribution is 2.48. The number of hydrogen-bond acceptors (Lipinski definition) is 3. The van der Waals surface area contributed by atoms with Crippen LogP contribution in [0.5, 0.6) is 0 Å². The van der Waals surface area contributed by atoms with E-state index in [1.165, 1.54) is 107 Å². The van der Waals surface area contributed by atoms with Crippen LogP contribution in [0, 0.1) is 0 Å². The Morgan fingerprint density at radius 1 is 0.326 bits per heavy atom. The van der Waals surface area contributed by atoms with Gasteiger partial charge in [-0.05, 0) is 137 Å². The van der Waals surface area contributed by atoms with Crippen LogP contribution in [0.15, 0.2) is 269 Å². The molecule has 86 heavy (non-hydrogen) atoms. The van der Waals surface area contributed by atoms with Gasteiger partial charge in [0, 0.05) is 12.5 Å². The fourth-order valence-corrected chi connectivity index (χ4v) is 10.6. The van der Waals surface area contributed by atoms with Gasteiger partial charge in [-0.25, -0.2) is 0 Å². The molecule has 0 unspecified atom stereocenters. The van der Waals surface area contributed by atoms with Crippen LogP contribution in [0.1, 0.15) is 112 Å². The van der Waals surface area contributed by atoms with Crippen LogP contribution < -0.4 is 0 Å². The number of benzene rings is 10. The first kappa shape index (κ1) is 63.1. The third-order valence-electron chi connectivity index (χ3n) is 15.7. The fraction of sp³-hybridized carbons (Fsp3) is 0.181. The first-order valence-corrected chi connectivity index (χ1v) is 30.2. The average Bonchev–Trinajstić information content (AvgIpc) is 2.03. The maximum Gasteiger partial charge on any atom is 0.0721 e. The Labute approximate surface area is 514 Å². The summed E-state index contributed by atoms with van der Waals surface area (Å²) in [4.78, 5) is 0. The third kappa shape index (κ3) is 18.5. The first-order chi connectivity index (χ1) is 42.1. The van der Waals surface area contributed by atoms with E-state index in [1.807, 2.05) is 30.4 Å². The Kier molecular flexibility index (Phi) is 24.1. The van der Waals surface area contributed by atoms with Gasteiger partial charge in [-0.1, -0.05) is 320 Å². The van der Waals surface area contributed by atoms with Gasteiger partial charge in [0.2, 0.25) is 0 Å². The van der Waals surface area contributed by atoms with Crippen molar-refractivity contribution in [2.24, 2.45) is 0 Å². The summed E-state index contributed by atoms with van der Waals surface area (Å²) in [5, 5.41) is 0. The Bertz CT molecular complexity index is 3670. The van der Waals surface area contributed by atoms with E-state index in [4.69, 9.17) is 14.2 Å². The van der Waals surface area contributed by atoms with Gasteiger partial charge < -0.3 is 14.2 Å². The van der Waals surface area contributed by atoms with Gasteiger partial charge >= 0.3 is 0 Å². The summed E-state index contributed by atoms with van der Waals surface area (Å²) in [7, 11) is 1.73. The molecule has 10 aromatic carbocycles. The molecule has 0 aromatic heterocycles. The summed E-state index contributed by atoms with van der Waals surface area (Å²) in [6.45, 7) is 25.1. The highest BCUT2D eigenvalue weighted by atomic mass is 16.5. The second-order valence-corrected chi connectivity index (χ2v) is 22.3. The van der Waals surface area contributed by atoms with Gasteiger partial charge in [-0.2, -0.15) is 0 Å². The molecule has 0 N–H and O–H groups in total. The van der Waals surface area contributed by atoms with Crippen molar-refractivity contribution in [3.63, 3.8) is 0 Å². The zero-order chi connectivity index (χ0) is 60.4. The summed E-state index contributed by atoms with van der Waals surface area (Å²) in [6, 6.07) is 85.7. The van der Waals surface area contributed by atoms with E-state index in [2.05, 4.69) is 284 Å². The predicted octanol–water partition coefficient (Wildman–Crippen LogP) is 21.7. The van der Waals surface area contributed by atoms with Crippen molar-refractivity contribution in [2.45, 2.75) is 91.3 Å². The summed E-state index contributed by atoms with van der Waals surface area (Å²) in [6.07, 6.45) is 13.2. The van der Waals surface area contributed by atoms with Crippen molar-refractivity contribution in [3.05, 3.63) is 347 Å². The van der Waals surface area contributed by atoms with Crippen LogP contribution in [0.25, 0.3) is 57.7 Å². The number of methoxy groups -OCH3 is 1. The van der Waals surface area contributed by atoms with E-state index in [9.17, 15) is 0 Å². The maximum absolute atomic E-state index is 5.96. The van der Waals surface area contributed by atoms with Crippen molar-refractivity contribution < 1.29 is 14.2 Å². The normalized spacial score (nSPS) is 11.4. The van der Waals surface area contributed by atoms with Crippen LogP contribution in [0.2, 0.25) is 0 Å². The second-order valence-electron chi connectivity index (χ2n) is 22.3. The topological polar surface area (TPSA) is 27.7 Å². The molecule has 11 rings (SSSR count). The quantitative estimate of drug-likeness (QED) is 0.0677. The average molecular weight is 1130 g/mol. The predicted molar refractivity (Wildman–Crippen MR) is 368 cm³/mol. The molecule has 10 aromatic rings. The lowest BCUT2D eigenvalue weighted by Crippen LogP contribution is -2.15. The molecule has 0 amide bonds. The van der Waals surface area contributed by atoms with E-state index < -0.39 is 0 Å². The minimum absolute atomic E-state index is 0.0441. The Balaban J connectivity index is 0.000000151.